The number of aromatic nitrogens is 3. The minimum atomic E-state index is -1.38. The summed E-state index contributed by atoms with van der Waals surface area (Å²) >= 11 is 5.83. The number of hydrogen-bond acceptors (Lipinski definition) is 6. The van der Waals surface area contributed by atoms with Gasteiger partial charge in [-0.05, 0) is 18.2 Å². The van der Waals surface area contributed by atoms with Gasteiger partial charge in [-0.1, -0.05) is 11.6 Å². The van der Waals surface area contributed by atoms with Crippen LogP contribution in [0.15, 0.2) is 32.9 Å². The lowest BCUT2D eigenvalue weighted by molar-refractivity contribution is -0.144. The third-order valence-electron chi connectivity index (χ3n) is 3.77. The molecule has 134 valence electrons. The summed E-state index contributed by atoms with van der Waals surface area (Å²) in [6.07, 6.45) is 1.07. The standard InChI is InChI=1S/C15H11ClFN5O4/c1-20-14(25)12(23)8(6-18-20)11-13(24)22(15(26)21(2)19-11)10-5-7(16)3-4-9(10)17/h3-6,8H,1-2H3. The number of rotatable bonds is 2. The van der Waals surface area contributed by atoms with Gasteiger partial charge in [0.1, 0.15) is 17.4 Å². The number of carbonyl (C=O) groups is 2. The van der Waals surface area contributed by atoms with Gasteiger partial charge in [0, 0.05) is 25.3 Å². The van der Waals surface area contributed by atoms with E-state index in [0.717, 1.165) is 28.0 Å². The maximum atomic E-state index is 14.2. The predicted molar refractivity (Wildman–Crippen MR) is 89.1 cm³/mol. The first-order valence-corrected chi connectivity index (χ1v) is 7.62. The first-order valence-electron chi connectivity index (χ1n) is 7.24. The molecule has 26 heavy (non-hydrogen) atoms. The van der Waals surface area contributed by atoms with Crippen LogP contribution < -0.4 is 11.2 Å². The van der Waals surface area contributed by atoms with Crippen molar-refractivity contribution in [3.63, 3.8) is 0 Å². The van der Waals surface area contributed by atoms with Crippen molar-refractivity contribution in [3.8, 4) is 5.69 Å². The van der Waals surface area contributed by atoms with Gasteiger partial charge in [0.2, 0.25) is 5.78 Å². The molecule has 2 aromatic rings. The van der Waals surface area contributed by atoms with Gasteiger partial charge in [-0.25, -0.2) is 23.4 Å². The van der Waals surface area contributed by atoms with Crippen LogP contribution >= 0.6 is 11.6 Å². The summed E-state index contributed by atoms with van der Waals surface area (Å²) in [5.41, 5.74) is -2.81. The van der Waals surface area contributed by atoms with E-state index < -0.39 is 46.1 Å². The highest BCUT2D eigenvalue weighted by atomic mass is 35.5. The molecule has 0 aliphatic carbocycles. The fraction of sp³-hybridized carbons (Fsp3) is 0.200. The number of hydrogen-bond donors (Lipinski definition) is 0. The van der Waals surface area contributed by atoms with E-state index in [4.69, 9.17) is 11.6 Å². The van der Waals surface area contributed by atoms with E-state index >= 15 is 0 Å². The molecule has 1 atom stereocenters. The number of hydrazone groups is 1. The number of likely N-dealkylation sites (N-methyl/N-ethyl adjacent to an activating group) is 1. The zero-order chi connectivity index (χ0) is 19.2. The summed E-state index contributed by atoms with van der Waals surface area (Å²) in [7, 11) is 2.50. The average molecular weight is 380 g/mol. The SMILES string of the molecule is CN1N=CC(c2nn(C)c(=O)n(-c3cc(Cl)ccc3F)c2=O)C(=O)C1=O. The maximum absolute atomic E-state index is 14.2. The molecule has 0 radical (unpaired) electrons. The number of nitrogens with zero attached hydrogens (tertiary/aromatic N) is 5. The molecule has 0 saturated carbocycles. The Bertz CT molecular complexity index is 1090. The van der Waals surface area contributed by atoms with Crippen molar-refractivity contribution < 1.29 is 14.0 Å². The minimum absolute atomic E-state index is 0.0980. The van der Waals surface area contributed by atoms with Crippen LogP contribution in [0.1, 0.15) is 11.6 Å². The maximum Gasteiger partial charge on any atom is 0.351 e. The lowest BCUT2D eigenvalue weighted by Crippen LogP contribution is -2.46. The van der Waals surface area contributed by atoms with E-state index in [-0.39, 0.29) is 5.02 Å². The Labute approximate surface area is 149 Å². The van der Waals surface area contributed by atoms with Crippen molar-refractivity contribution in [3.05, 3.63) is 55.6 Å². The van der Waals surface area contributed by atoms with Crippen molar-refractivity contribution in [1.82, 2.24) is 19.4 Å². The van der Waals surface area contributed by atoms with Crippen molar-refractivity contribution in [2.75, 3.05) is 7.05 Å². The van der Waals surface area contributed by atoms with Gasteiger partial charge in [0.05, 0.1) is 5.69 Å². The minimum Gasteiger partial charge on any atom is -0.287 e. The first kappa shape index (κ1) is 17.7. The van der Waals surface area contributed by atoms with E-state index in [9.17, 15) is 23.6 Å². The molecule has 1 unspecified atom stereocenters. The van der Waals surface area contributed by atoms with Crippen molar-refractivity contribution in [1.29, 1.82) is 0 Å². The Balaban J connectivity index is 2.30. The summed E-state index contributed by atoms with van der Waals surface area (Å²) in [5.74, 6) is -4.13. The smallest absolute Gasteiger partial charge is 0.287 e. The summed E-state index contributed by atoms with van der Waals surface area (Å²) in [6.45, 7) is 0. The molecule has 0 bridgehead atoms. The number of Topliss-reactive ketones (excluding diaryl/α,β-unsaturated/α-hetero) is 1. The first-order chi connectivity index (χ1) is 12.2. The van der Waals surface area contributed by atoms with Gasteiger partial charge < -0.3 is 0 Å². The molecule has 2 heterocycles. The molecule has 1 aliphatic heterocycles. The Morgan fingerprint density at radius 3 is 2.54 bits per heavy atom. The molecule has 11 heteroatoms. The number of ketones is 1. The number of carbonyl (C=O) groups excluding carboxylic acids is 2. The second kappa shape index (κ2) is 6.30. The normalized spacial score (nSPS) is 17.1. The number of benzene rings is 1. The molecule has 3 rings (SSSR count). The number of aryl methyl sites for hydroxylation is 1. The number of halogens is 2. The summed E-state index contributed by atoms with van der Waals surface area (Å²) < 4.78 is 15.4. The number of amides is 1. The van der Waals surface area contributed by atoms with Crippen LogP contribution in [0.3, 0.4) is 0 Å². The zero-order valence-electron chi connectivity index (χ0n) is 13.5. The molecule has 0 saturated heterocycles. The Kier molecular flexibility index (Phi) is 4.28. The Morgan fingerprint density at radius 2 is 1.85 bits per heavy atom. The van der Waals surface area contributed by atoms with Gasteiger partial charge in [-0.2, -0.15) is 10.2 Å². The quantitative estimate of drug-likeness (QED) is 0.674. The summed E-state index contributed by atoms with van der Waals surface area (Å²) in [4.78, 5) is 49.1. The second-order valence-electron chi connectivity index (χ2n) is 5.46. The van der Waals surface area contributed by atoms with E-state index in [1.54, 1.807) is 0 Å². The van der Waals surface area contributed by atoms with E-state index in [2.05, 4.69) is 10.2 Å². The third kappa shape index (κ3) is 2.73. The van der Waals surface area contributed by atoms with Gasteiger partial charge in [0.25, 0.3) is 5.56 Å². The van der Waals surface area contributed by atoms with Crippen molar-refractivity contribution in [2.24, 2.45) is 12.1 Å². The molecule has 0 fully saturated rings. The molecule has 1 aromatic carbocycles. The van der Waals surface area contributed by atoms with Crippen LogP contribution in [-0.4, -0.2) is 44.3 Å². The second-order valence-corrected chi connectivity index (χ2v) is 5.90. The predicted octanol–water partition coefficient (Wildman–Crippen LogP) is -0.166. The molecular formula is C15H11ClFN5O4. The highest BCUT2D eigenvalue weighted by molar-refractivity contribution is 6.42. The zero-order valence-corrected chi connectivity index (χ0v) is 14.3. The molecule has 1 aromatic heterocycles. The van der Waals surface area contributed by atoms with Crippen molar-refractivity contribution >= 4 is 29.5 Å². The van der Waals surface area contributed by atoms with Gasteiger partial charge in [-0.3, -0.25) is 14.4 Å². The van der Waals surface area contributed by atoms with Gasteiger partial charge >= 0.3 is 11.6 Å². The van der Waals surface area contributed by atoms with Crippen LogP contribution in [0.25, 0.3) is 5.69 Å². The topological polar surface area (TPSA) is 107 Å². The van der Waals surface area contributed by atoms with Crippen LogP contribution in [0, 0.1) is 5.82 Å². The Morgan fingerprint density at radius 1 is 1.15 bits per heavy atom. The molecule has 0 N–H and O–H groups in total. The van der Waals surface area contributed by atoms with E-state index in [0.29, 0.717) is 4.57 Å². The molecule has 1 aliphatic rings. The highest BCUT2D eigenvalue weighted by Gasteiger charge is 2.36. The Hall–Kier alpha value is -3.14. The molecule has 9 nitrogen and oxygen atoms in total. The van der Waals surface area contributed by atoms with Gasteiger partial charge in [-0.15, -0.1) is 0 Å². The molecule has 1 amide bonds. The van der Waals surface area contributed by atoms with E-state index in [1.165, 1.54) is 20.2 Å². The largest absolute Gasteiger partial charge is 0.351 e. The van der Waals surface area contributed by atoms with Crippen LogP contribution in [0.4, 0.5) is 4.39 Å². The monoisotopic (exact) mass is 379 g/mol. The van der Waals surface area contributed by atoms with Gasteiger partial charge in [0.15, 0.2) is 0 Å². The molecule has 0 spiro atoms. The fourth-order valence-electron chi connectivity index (χ4n) is 2.43. The summed E-state index contributed by atoms with van der Waals surface area (Å²) in [5, 5.41) is 8.40. The van der Waals surface area contributed by atoms with Crippen LogP contribution in [0.2, 0.25) is 5.02 Å². The fourth-order valence-corrected chi connectivity index (χ4v) is 2.60. The van der Waals surface area contributed by atoms with E-state index in [1.807, 2.05) is 0 Å². The highest BCUT2D eigenvalue weighted by Crippen LogP contribution is 2.18. The van der Waals surface area contributed by atoms with Crippen LogP contribution in [-0.2, 0) is 16.6 Å². The lowest BCUT2D eigenvalue weighted by Gasteiger charge is -2.20. The molecular weight excluding hydrogens is 369 g/mol. The van der Waals surface area contributed by atoms with Crippen molar-refractivity contribution in [2.45, 2.75) is 5.92 Å². The third-order valence-corrected chi connectivity index (χ3v) is 4.00. The lowest BCUT2D eigenvalue weighted by atomic mass is 10.00. The average Bonchev–Trinajstić information content (AvgIpc) is 2.60. The summed E-state index contributed by atoms with van der Waals surface area (Å²) in [6, 6.07) is 3.35. The van der Waals surface area contributed by atoms with Crippen LogP contribution in [0.5, 0.6) is 0 Å².